The summed E-state index contributed by atoms with van der Waals surface area (Å²) in [6.07, 6.45) is 5.14. The number of pyridine rings is 1. The van der Waals surface area contributed by atoms with Gasteiger partial charge in [-0.05, 0) is 44.0 Å². The minimum atomic E-state index is 0.170. The monoisotopic (exact) mass is 267 g/mol. The molecule has 0 aliphatic carbocycles. The van der Waals surface area contributed by atoms with E-state index in [1.165, 1.54) is 11.9 Å². The van der Waals surface area contributed by atoms with Crippen molar-refractivity contribution in [3.8, 4) is 0 Å². The molecule has 3 heterocycles. The maximum atomic E-state index is 6.00. The van der Waals surface area contributed by atoms with Gasteiger partial charge in [-0.3, -0.25) is 4.98 Å². The number of rotatable bonds is 2. The lowest BCUT2D eigenvalue weighted by Gasteiger charge is -2.17. The van der Waals surface area contributed by atoms with Crippen molar-refractivity contribution in [2.45, 2.75) is 26.8 Å². The molecule has 2 N–H and O–H groups in total. The number of hydrogen-bond acceptors (Lipinski definition) is 4. The van der Waals surface area contributed by atoms with Crippen LogP contribution in [0.25, 0.3) is 11.0 Å². The molecule has 3 aromatic rings. The average Bonchev–Trinajstić information content (AvgIpc) is 2.72. The molecule has 5 heteroatoms. The van der Waals surface area contributed by atoms with Crippen molar-refractivity contribution in [3.05, 3.63) is 47.7 Å². The molecule has 0 spiro atoms. The van der Waals surface area contributed by atoms with Gasteiger partial charge in [-0.1, -0.05) is 0 Å². The van der Waals surface area contributed by atoms with E-state index in [2.05, 4.69) is 40.3 Å². The highest BCUT2D eigenvalue weighted by Gasteiger charge is 2.19. The van der Waals surface area contributed by atoms with Gasteiger partial charge in [0.25, 0.3) is 0 Å². The predicted octanol–water partition coefficient (Wildman–Crippen LogP) is 2.63. The van der Waals surface area contributed by atoms with Crippen molar-refractivity contribution in [3.63, 3.8) is 0 Å². The maximum absolute atomic E-state index is 6.00. The Morgan fingerprint density at radius 1 is 1.15 bits per heavy atom. The molecule has 0 radical (unpaired) electrons. The summed E-state index contributed by atoms with van der Waals surface area (Å²) in [6, 6.07) is 4.22. The highest BCUT2D eigenvalue weighted by molar-refractivity contribution is 5.90. The third-order valence-corrected chi connectivity index (χ3v) is 3.94. The van der Waals surface area contributed by atoms with E-state index in [0.717, 1.165) is 22.3 Å². The zero-order chi connectivity index (χ0) is 14.3. The van der Waals surface area contributed by atoms with E-state index in [1.54, 1.807) is 0 Å². The average molecular weight is 267 g/mol. The molecule has 0 aromatic carbocycles. The van der Waals surface area contributed by atoms with Crippen LogP contribution in [0.1, 0.15) is 29.8 Å². The predicted molar refractivity (Wildman–Crippen MR) is 79.5 cm³/mol. The second-order valence-corrected chi connectivity index (χ2v) is 4.99. The Morgan fingerprint density at radius 3 is 2.55 bits per heavy atom. The van der Waals surface area contributed by atoms with Gasteiger partial charge in [0.15, 0.2) is 0 Å². The summed E-state index contributed by atoms with van der Waals surface area (Å²) in [6.45, 7) is 6.31. The Balaban J connectivity index is 2.27. The molecule has 0 bridgehead atoms. The van der Waals surface area contributed by atoms with Gasteiger partial charge in [0.2, 0.25) is 0 Å². The molecule has 0 saturated carbocycles. The minimum absolute atomic E-state index is 0.170. The first-order chi connectivity index (χ1) is 9.61. The summed E-state index contributed by atoms with van der Waals surface area (Å²) in [5.74, 6) is 0.538. The smallest absolute Gasteiger partial charge is 0.146 e. The van der Waals surface area contributed by atoms with E-state index in [-0.39, 0.29) is 6.04 Å². The van der Waals surface area contributed by atoms with E-state index in [9.17, 15) is 0 Å². The third kappa shape index (κ3) is 1.74. The molecule has 3 rings (SSSR count). The molecule has 0 amide bonds. The van der Waals surface area contributed by atoms with Crippen LogP contribution in [-0.4, -0.2) is 19.5 Å². The zero-order valence-electron chi connectivity index (χ0n) is 11.8. The van der Waals surface area contributed by atoms with Crippen LogP contribution >= 0.6 is 0 Å². The Kier molecular flexibility index (Phi) is 2.89. The molecule has 3 aromatic heterocycles. The lowest BCUT2D eigenvalue weighted by atomic mass is 10.1. The third-order valence-electron chi connectivity index (χ3n) is 3.94. The largest absolute Gasteiger partial charge is 0.383 e. The van der Waals surface area contributed by atoms with Crippen molar-refractivity contribution in [1.82, 2.24) is 19.5 Å². The maximum Gasteiger partial charge on any atom is 0.146 e. The fraction of sp³-hybridized carbons (Fsp3) is 0.267. The summed E-state index contributed by atoms with van der Waals surface area (Å²) >= 11 is 0. The number of anilines is 1. The van der Waals surface area contributed by atoms with Crippen molar-refractivity contribution < 1.29 is 0 Å². The van der Waals surface area contributed by atoms with E-state index in [0.29, 0.717) is 5.82 Å². The Labute approximate surface area is 117 Å². The fourth-order valence-corrected chi connectivity index (χ4v) is 2.72. The molecule has 0 aliphatic rings. The highest BCUT2D eigenvalue weighted by atomic mass is 15.1. The molecule has 0 saturated heterocycles. The van der Waals surface area contributed by atoms with Crippen molar-refractivity contribution in [2.75, 3.05) is 5.73 Å². The van der Waals surface area contributed by atoms with Crippen molar-refractivity contribution in [2.24, 2.45) is 0 Å². The molecular formula is C15H17N5. The van der Waals surface area contributed by atoms with Gasteiger partial charge in [0, 0.05) is 18.1 Å². The van der Waals surface area contributed by atoms with E-state index < -0.39 is 0 Å². The van der Waals surface area contributed by atoms with Gasteiger partial charge in [-0.15, -0.1) is 0 Å². The van der Waals surface area contributed by atoms with Crippen LogP contribution in [0.4, 0.5) is 5.82 Å². The van der Waals surface area contributed by atoms with Gasteiger partial charge in [-0.2, -0.15) is 0 Å². The lowest BCUT2D eigenvalue weighted by Crippen LogP contribution is -2.09. The first-order valence-electron chi connectivity index (χ1n) is 6.58. The highest BCUT2D eigenvalue weighted by Crippen LogP contribution is 2.31. The van der Waals surface area contributed by atoms with Gasteiger partial charge < -0.3 is 10.3 Å². The number of aromatic nitrogens is 4. The van der Waals surface area contributed by atoms with Crippen molar-refractivity contribution >= 4 is 16.9 Å². The van der Waals surface area contributed by atoms with E-state index in [1.807, 2.05) is 24.5 Å². The number of hydrogen-bond donors (Lipinski definition) is 1. The number of fused-ring (bicyclic) bond motifs is 1. The van der Waals surface area contributed by atoms with E-state index >= 15 is 0 Å². The minimum Gasteiger partial charge on any atom is -0.383 e. The van der Waals surface area contributed by atoms with Crippen LogP contribution in [0.5, 0.6) is 0 Å². The summed E-state index contributed by atoms with van der Waals surface area (Å²) < 4.78 is 2.21. The quantitative estimate of drug-likeness (QED) is 0.775. The summed E-state index contributed by atoms with van der Waals surface area (Å²) in [7, 11) is 0. The zero-order valence-corrected chi connectivity index (χ0v) is 11.8. The lowest BCUT2D eigenvalue weighted by molar-refractivity contribution is 0.638. The van der Waals surface area contributed by atoms with Crippen LogP contribution in [0.3, 0.4) is 0 Å². The molecule has 1 atom stereocenters. The number of nitrogen functional groups attached to an aromatic ring is 1. The second kappa shape index (κ2) is 4.59. The molecule has 1 unspecified atom stereocenters. The summed E-state index contributed by atoms with van der Waals surface area (Å²) in [5.41, 5.74) is 10.4. The number of nitrogens with zero attached hydrogens (tertiary/aromatic N) is 4. The van der Waals surface area contributed by atoms with Gasteiger partial charge in [0.05, 0.1) is 11.4 Å². The number of aryl methyl sites for hydroxylation is 1. The fourth-order valence-electron chi connectivity index (χ4n) is 2.72. The second-order valence-electron chi connectivity index (χ2n) is 4.99. The first kappa shape index (κ1) is 12.6. The van der Waals surface area contributed by atoms with Crippen molar-refractivity contribution in [1.29, 1.82) is 0 Å². The Bertz CT molecular complexity index is 761. The van der Waals surface area contributed by atoms with E-state index in [4.69, 9.17) is 5.73 Å². The van der Waals surface area contributed by atoms with Gasteiger partial charge >= 0.3 is 0 Å². The normalized spacial score (nSPS) is 12.8. The molecule has 102 valence electrons. The first-order valence-corrected chi connectivity index (χ1v) is 6.58. The van der Waals surface area contributed by atoms with Crippen LogP contribution in [-0.2, 0) is 0 Å². The summed E-state index contributed by atoms with van der Waals surface area (Å²) in [5, 5.41) is 0.950. The molecule has 5 nitrogen and oxygen atoms in total. The SMILES string of the molecule is Cc1c(C)n(C(C)c2ccncc2)c2ncnc(N)c12. The molecule has 0 aliphatic heterocycles. The van der Waals surface area contributed by atoms with Gasteiger partial charge in [-0.25, -0.2) is 9.97 Å². The Morgan fingerprint density at radius 2 is 1.85 bits per heavy atom. The summed E-state index contributed by atoms with van der Waals surface area (Å²) in [4.78, 5) is 12.6. The van der Waals surface area contributed by atoms with Crippen LogP contribution < -0.4 is 5.73 Å². The topological polar surface area (TPSA) is 69.6 Å². The molecule has 20 heavy (non-hydrogen) atoms. The standard InChI is InChI=1S/C15H17N5/c1-9-10(2)20(11(3)12-4-6-17-7-5-12)15-13(9)14(16)18-8-19-15/h4-8,11H,1-3H3,(H2,16,18,19). The van der Waals surface area contributed by atoms with Crippen LogP contribution in [0.15, 0.2) is 30.9 Å². The molecule has 0 fully saturated rings. The Hall–Kier alpha value is -2.43. The van der Waals surface area contributed by atoms with Crippen LogP contribution in [0.2, 0.25) is 0 Å². The van der Waals surface area contributed by atoms with Crippen LogP contribution in [0, 0.1) is 13.8 Å². The molecular weight excluding hydrogens is 250 g/mol. The number of nitrogens with two attached hydrogens (primary N) is 1. The van der Waals surface area contributed by atoms with Gasteiger partial charge in [0.1, 0.15) is 17.8 Å².